The van der Waals surface area contributed by atoms with Gasteiger partial charge >= 0.3 is 0 Å². The van der Waals surface area contributed by atoms with Gasteiger partial charge in [0.25, 0.3) is 5.91 Å². The summed E-state index contributed by atoms with van der Waals surface area (Å²) in [5.74, 6) is 1.74. The quantitative estimate of drug-likeness (QED) is 0.389. The number of carbonyl (C=O) groups is 2. The van der Waals surface area contributed by atoms with E-state index in [0.717, 1.165) is 11.1 Å². The second-order valence-corrected chi connectivity index (χ2v) is 7.97. The molecule has 0 atom stereocenters. The van der Waals surface area contributed by atoms with Crippen LogP contribution in [0.5, 0.6) is 0 Å². The van der Waals surface area contributed by atoms with Crippen LogP contribution < -0.4 is 10.6 Å². The molecule has 3 aromatic carbocycles. The summed E-state index contributed by atoms with van der Waals surface area (Å²) < 4.78 is 1.71. The van der Waals surface area contributed by atoms with Gasteiger partial charge in [0.2, 0.25) is 5.91 Å². The normalized spacial score (nSPS) is 10.4. The molecular formula is C27H21ClN4O2. The van der Waals surface area contributed by atoms with Crippen molar-refractivity contribution in [3.8, 4) is 23.6 Å². The third-order valence-electron chi connectivity index (χ3n) is 5.03. The van der Waals surface area contributed by atoms with Crippen LogP contribution in [0.3, 0.4) is 0 Å². The zero-order valence-corrected chi connectivity index (χ0v) is 18.9. The monoisotopic (exact) mass is 468 g/mol. The van der Waals surface area contributed by atoms with Crippen molar-refractivity contribution in [2.75, 3.05) is 11.9 Å². The smallest absolute Gasteiger partial charge is 0.255 e. The van der Waals surface area contributed by atoms with Gasteiger partial charge in [-0.2, -0.15) is 5.10 Å². The first kappa shape index (κ1) is 22.8. The van der Waals surface area contributed by atoms with Crippen molar-refractivity contribution in [1.29, 1.82) is 0 Å². The van der Waals surface area contributed by atoms with Crippen LogP contribution >= 0.6 is 11.6 Å². The molecule has 0 saturated carbocycles. The Hall–Kier alpha value is -4.34. The molecule has 7 heteroatoms. The number of amides is 2. The zero-order valence-electron chi connectivity index (χ0n) is 18.2. The highest BCUT2D eigenvalue weighted by Crippen LogP contribution is 2.24. The van der Waals surface area contributed by atoms with E-state index in [1.165, 1.54) is 0 Å². The van der Waals surface area contributed by atoms with Gasteiger partial charge in [0.15, 0.2) is 0 Å². The number of carbonyl (C=O) groups excluding carboxylic acids is 2. The lowest BCUT2D eigenvalue weighted by molar-refractivity contribution is -0.115. The zero-order chi connectivity index (χ0) is 23.9. The maximum atomic E-state index is 13.0. The largest absolute Gasteiger partial charge is 0.343 e. The molecule has 0 saturated heterocycles. The average Bonchev–Trinajstić information content (AvgIpc) is 3.27. The Labute approximate surface area is 202 Å². The van der Waals surface area contributed by atoms with Crippen LogP contribution in [0.2, 0.25) is 5.02 Å². The van der Waals surface area contributed by atoms with Gasteiger partial charge in [0.1, 0.15) is 5.69 Å². The van der Waals surface area contributed by atoms with E-state index in [0.29, 0.717) is 34.1 Å². The van der Waals surface area contributed by atoms with Gasteiger partial charge in [-0.05, 0) is 35.9 Å². The van der Waals surface area contributed by atoms with Crippen LogP contribution in [-0.4, -0.2) is 28.1 Å². The van der Waals surface area contributed by atoms with Crippen LogP contribution in [0.15, 0.2) is 85.1 Å². The van der Waals surface area contributed by atoms with Crippen molar-refractivity contribution in [3.05, 3.63) is 107 Å². The minimum atomic E-state index is -0.406. The highest BCUT2D eigenvalue weighted by molar-refractivity contribution is 6.30. The van der Waals surface area contributed by atoms with Crippen LogP contribution in [0, 0.1) is 12.3 Å². The summed E-state index contributed by atoms with van der Waals surface area (Å²) in [7, 11) is 0. The van der Waals surface area contributed by atoms with Crippen molar-refractivity contribution in [2.24, 2.45) is 0 Å². The van der Waals surface area contributed by atoms with E-state index >= 15 is 0 Å². The summed E-state index contributed by atoms with van der Waals surface area (Å²) in [4.78, 5) is 25.4. The summed E-state index contributed by atoms with van der Waals surface area (Å²) in [6.45, 7) is 0.295. The minimum absolute atomic E-state index is 0.205. The molecule has 2 N–H and O–H groups in total. The lowest BCUT2D eigenvalue weighted by Gasteiger charge is -2.07. The predicted octanol–water partition coefficient (Wildman–Crippen LogP) is 4.60. The Balaban J connectivity index is 1.51. The standard InChI is InChI=1S/C27H21ClN4O2/c1-2-19-9-6-10-23(15-19)30-25(33)16-29-27(34)24-18-32(17-20-7-4-3-5-8-20)31-26(24)21-11-13-22(28)14-12-21/h1,3-15,18H,16-17H2,(H,29,34)(H,30,33). The Morgan fingerprint density at radius 2 is 1.76 bits per heavy atom. The van der Waals surface area contributed by atoms with Crippen molar-refractivity contribution < 1.29 is 9.59 Å². The number of nitrogens with zero attached hydrogens (tertiary/aromatic N) is 2. The molecule has 1 heterocycles. The number of aromatic nitrogens is 2. The molecule has 2 amide bonds. The molecule has 1 aromatic heterocycles. The number of hydrogen-bond donors (Lipinski definition) is 2. The van der Waals surface area contributed by atoms with Crippen LogP contribution in [0.1, 0.15) is 21.5 Å². The highest BCUT2D eigenvalue weighted by Gasteiger charge is 2.19. The maximum absolute atomic E-state index is 13.0. The number of hydrogen-bond acceptors (Lipinski definition) is 3. The highest BCUT2D eigenvalue weighted by atomic mass is 35.5. The first-order valence-electron chi connectivity index (χ1n) is 10.5. The lowest BCUT2D eigenvalue weighted by atomic mass is 10.1. The van der Waals surface area contributed by atoms with E-state index in [4.69, 9.17) is 18.0 Å². The maximum Gasteiger partial charge on any atom is 0.255 e. The Morgan fingerprint density at radius 3 is 2.50 bits per heavy atom. The fraction of sp³-hybridized carbons (Fsp3) is 0.0741. The first-order valence-corrected chi connectivity index (χ1v) is 10.9. The summed E-state index contributed by atoms with van der Waals surface area (Å²) in [5, 5.41) is 10.6. The van der Waals surface area contributed by atoms with Crippen molar-refractivity contribution in [2.45, 2.75) is 6.54 Å². The van der Waals surface area contributed by atoms with E-state index < -0.39 is 5.91 Å². The van der Waals surface area contributed by atoms with Gasteiger partial charge in [-0.1, -0.05) is 66.1 Å². The molecule has 168 valence electrons. The van der Waals surface area contributed by atoms with Gasteiger partial charge in [0.05, 0.1) is 18.7 Å². The molecule has 0 aliphatic rings. The van der Waals surface area contributed by atoms with Gasteiger partial charge < -0.3 is 10.6 Å². The molecule has 0 fully saturated rings. The Morgan fingerprint density at radius 1 is 1.00 bits per heavy atom. The lowest BCUT2D eigenvalue weighted by Crippen LogP contribution is -2.33. The molecule has 0 aliphatic heterocycles. The van der Waals surface area contributed by atoms with Crippen molar-refractivity contribution >= 4 is 29.1 Å². The van der Waals surface area contributed by atoms with E-state index in [1.807, 2.05) is 30.3 Å². The second-order valence-electron chi connectivity index (χ2n) is 7.54. The van der Waals surface area contributed by atoms with Crippen molar-refractivity contribution in [3.63, 3.8) is 0 Å². The average molecular weight is 469 g/mol. The minimum Gasteiger partial charge on any atom is -0.343 e. The molecule has 0 unspecified atom stereocenters. The number of benzene rings is 3. The second kappa shape index (κ2) is 10.5. The Bertz CT molecular complexity index is 1360. The Kier molecular flexibility index (Phi) is 7.07. The first-order chi connectivity index (χ1) is 16.5. The molecule has 0 spiro atoms. The van der Waals surface area contributed by atoms with Gasteiger partial charge in [-0.25, -0.2) is 0 Å². The molecular weight excluding hydrogens is 448 g/mol. The van der Waals surface area contributed by atoms with E-state index in [-0.39, 0.29) is 12.5 Å². The number of nitrogens with one attached hydrogen (secondary N) is 2. The predicted molar refractivity (Wildman–Crippen MR) is 134 cm³/mol. The summed E-state index contributed by atoms with van der Waals surface area (Å²) in [6.07, 6.45) is 7.08. The summed E-state index contributed by atoms with van der Waals surface area (Å²) >= 11 is 6.02. The topological polar surface area (TPSA) is 76.0 Å². The van der Waals surface area contributed by atoms with Crippen LogP contribution in [0.25, 0.3) is 11.3 Å². The van der Waals surface area contributed by atoms with E-state index in [2.05, 4.69) is 21.7 Å². The molecule has 6 nitrogen and oxygen atoms in total. The van der Waals surface area contributed by atoms with Gasteiger partial charge in [-0.3, -0.25) is 14.3 Å². The third-order valence-corrected chi connectivity index (χ3v) is 5.29. The SMILES string of the molecule is C#Cc1cccc(NC(=O)CNC(=O)c2cn(Cc3ccccc3)nc2-c2ccc(Cl)cc2)c1. The van der Waals surface area contributed by atoms with Crippen LogP contribution in [-0.2, 0) is 11.3 Å². The number of terminal acetylenes is 1. The van der Waals surface area contributed by atoms with Gasteiger partial charge in [-0.15, -0.1) is 6.42 Å². The van der Waals surface area contributed by atoms with Crippen LogP contribution in [0.4, 0.5) is 5.69 Å². The van der Waals surface area contributed by atoms with Gasteiger partial charge in [0, 0.05) is 28.0 Å². The summed E-state index contributed by atoms with van der Waals surface area (Å²) in [5.41, 5.74) is 3.88. The van der Waals surface area contributed by atoms with Crippen molar-refractivity contribution in [1.82, 2.24) is 15.1 Å². The molecule has 0 aliphatic carbocycles. The molecule has 4 rings (SSSR count). The fourth-order valence-electron chi connectivity index (χ4n) is 3.41. The molecule has 34 heavy (non-hydrogen) atoms. The number of anilines is 1. The summed E-state index contributed by atoms with van der Waals surface area (Å²) in [6, 6.07) is 23.8. The fourth-order valence-corrected chi connectivity index (χ4v) is 3.53. The van der Waals surface area contributed by atoms with E-state index in [9.17, 15) is 9.59 Å². The number of rotatable bonds is 7. The number of halogens is 1. The van der Waals surface area contributed by atoms with E-state index in [1.54, 1.807) is 59.4 Å². The molecule has 4 aromatic rings. The third kappa shape index (κ3) is 5.71. The molecule has 0 bridgehead atoms. The molecule has 0 radical (unpaired) electrons.